The number of likely N-dealkylation sites (tertiary alicyclic amines) is 1. The summed E-state index contributed by atoms with van der Waals surface area (Å²) < 4.78 is 6.07. The quantitative estimate of drug-likeness (QED) is 0.673. The summed E-state index contributed by atoms with van der Waals surface area (Å²) in [6.45, 7) is 3.01. The van der Waals surface area contributed by atoms with Gasteiger partial charge in [0.05, 0.1) is 5.41 Å². The van der Waals surface area contributed by atoms with Gasteiger partial charge in [0.25, 0.3) is 0 Å². The standard InChI is InChI=1S/C24H31N5O3/c1-15(18-8-6-12-29(18)2)32-20-13-16(14-25)27-23(28-20)21(26)17-7-5-11-24(22(17)31)10-4-3-9-19(24)30/h13,15,18,26,31H,3-12H2,1-2H3/t15-,18-,24+/m0/s1. The van der Waals surface area contributed by atoms with E-state index in [0.717, 1.165) is 38.6 Å². The molecule has 0 aromatic carbocycles. The molecule has 2 aliphatic carbocycles. The van der Waals surface area contributed by atoms with Gasteiger partial charge in [0.2, 0.25) is 5.88 Å². The van der Waals surface area contributed by atoms with Crippen LogP contribution in [-0.4, -0.2) is 57.2 Å². The van der Waals surface area contributed by atoms with E-state index in [1.165, 1.54) is 6.07 Å². The highest BCUT2D eigenvalue weighted by molar-refractivity contribution is 6.09. The van der Waals surface area contributed by atoms with Crippen molar-refractivity contribution in [3.05, 3.63) is 28.9 Å². The molecule has 3 aliphatic rings. The number of ketones is 1. The van der Waals surface area contributed by atoms with Gasteiger partial charge >= 0.3 is 0 Å². The summed E-state index contributed by atoms with van der Waals surface area (Å²) in [5.41, 5.74) is -0.379. The smallest absolute Gasteiger partial charge is 0.218 e. The number of nitriles is 1. The van der Waals surface area contributed by atoms with Gasteiger partial charge in [-0.05, 0) is 65.5 Å². The van der Waals surface area contributed by atoms with Crippen LogP contribution in [0.3, 0.4) is 0 Å². The van der Waals surface area contributed by atoms with E-state index in [0.29, 0.717) is 31.3 Å². The number of carbonyl (C=O) groups excluding carboxylic acids is 1. The zero-order valence-corrected chi connectivity index (χ0v) is 18.9. The van der Waals surface area contributed by atoms with Crippen LogP contribution in [0.2, 0.25) is 0 Å². The summed E-state index contributed by atoms with van der Waals surface area (Å²) in [6.07, 6.45) is 6.68. The second-order valence-corrected chi connectivity index (χ2v) is 9.31. The molecule has 2 heterocycles. The number of hydrogen-bond donors (Lipinski definition) is 2. The minimum absolute atomic E-state index is 0.00725. The molecule has 1 aromatic heterocycles. The van der Waals surface area contributed by atoms with E-state index >= 15 is 0 Å². The Bertz CT molecular complexity index is 998. The molecule has 1 aromatic rings. The number of nitrogens with one attached hydrogen (secondary N) is 1. The van der Waals surface area contributed by atoms with Gasteiger partial charge in [0.1, 0.15) is 35.1 Å². The molecule has 0 bridgehead atoms. The number of allylic oxidation sites excluding steroid dienone is 2. The molecule has 0 amide bonds. The zero-order valence-electron chi connectivity index (χ0n) is 18.9. The summed E-state index contributed by atoms with van der Waals surface area (Å²) in [5, 5.41) is 29.3. The molecule has 4 rings (SSSR count). The van der Waals surface area contributed by atoms with Crippen molar-refractivity contribution >= 4 is 11.5 Å². The van der Waals surface area contributed by atoms with E-state index < -0.39 is 5.41 Å². The van der Waals surface area contributed by atoms with Crippen molar-refractivity contribution in [3.63, 3.8) is 0 Å². The number of Topliss-reactive ketones (excluding diaryl/α,β-unsaturated/α-hetero) is 1. The number of ether oxygens (including phenoxy) is 1. The lowest BCUT2D eigenvalue weighted by molar-refractivity contribution is -0.131. The zero-order chi connectivity index (χ0) is 22.9. The fourth-order valence-corrected chi connectivity index (χ4v) is 5.53. The van der Waals surface area contributed by atoms with E-state index in [4.69, 9.17) is 10.1 Å². The largest absolute Gasteiger partial charge is 0.511 e. The molecule has 0 unspecified atom stereocenters. The van der Waals surface area contributed by atoms with Crippen molar-refractivity contribution in [1.29, 1.82) is 10.7 Å². The number of likely N-dealkylation sites (N-methyl/N-ethyl adjacent to an activating group) is 1. The van der Waals surface area contributed by atoms with Gasteiger partial charge in [0.15, 0.2) is 5.82 Å². The first-order chi connectivity index (χ1) is 15.4. The van der Waals surface area contributed by atoms with Crippen molar-refractivity contribution in [1.82, 2.24) is 14.9 Å². The molecule has 1 aliphatic heterocycles. The number of carbonyl (C=O) groups is 1. The van der Waals surface area contributed by atoms with Crippen LogP contribution in [0.25, 0.3) is 0 Å². The predicted octanol–water partition coefficient (Wildman–Crippen LogP) is 3.70. The van der Waals surface area contributed by atoms with Crippen molar-refractivity contribution in [3.8, 4) is 11.9 Å². The minimum atomic E-state index is -0.869. The Balaban J connectivity index is 1.64. The lowest BCUT2D eigenvalue weighted by Crippen LogP contribution is -2.39. The highest BCUT2D eigenvalue weighted by atomic mass is 16.5. The summed E-state index contributed by atoms with van der Waals surface area (Å²) in [7, 11) is 2.07. The summed E-state index contributed by atoms with van der Waals surface area (Å²) in [6, 6.07) is 3.78. The third kappa shape index (κ3) is 4.02. The molecule has 2 fully saturated rings. The average Bonchev–Trinajstić information content (AvgIpc) is 3.22. The van der Waals surface area contributed by atoms with Crippen molar-refractivity contribution in [2.45, 2.75) is 76.9 Å². The van der Waals surface area contributed by atoms with Gasteiger partial charge < -0.3 is 9.84 Å². The topological polar surface area (TPSA) is 123 Å². The maximum absolute atomic E-state index is 12.8. The second-order valence-electron chi connectivity index (χ2n) is 9.31. The number of hydrogen-bond acceptors (Lipinski definition) is 8. The van der Waals surface area contributed by atoms with Crippen molar-refractivity contribution in [2.24, 2.45) is 5.41 Å². The van der Waals surface area contributed by atoms with E-state index in [2.05, 4.69) is 21.9 Å². The van der Waals surface area contributed by atoms with Gasteiger partial charge in [-0.25, -0.2) is 4.98 Å². The average molecular weight is 438 g/mol. The molecule has 170 valence electrons. The van der Waals surface area contributed by atoms with Crippen LogP contribution >= 0.6 is 0 Å². The Kier molecular flexibility index (Phi) is 6.29. The molecule has 8 heteroatoms. The lowest BCUT2D eigenvalue weighted by Gasteiger charge is -2.39. The molecule has 32 heavy (non-hydrogen) atoms. The first-order valence-electron chi connectivity index (χ1n) is 11.6. The van der Waals surface area contributed by atoms with Crippen LogP contribution in [0.1, 0.15) is 76.2 Å². The monoisotopic (exact) mass is 437 g/mol. The molecule has 8 nitrogen and oxygen atoms in total. The molecular weight excluding hydrogens is 406 g/mol. The minimum Gasteiger partial charge on any atom is -0.511 e. The van der Waals surface area contributed by atoms with E-state index in [-0.39, 0.29) is 46.8 Å². The number of aromatic nitrogens is 2. The SMILES string of the molecule is C[C@H](Oc1cc(C#N)nc(C(=N)C2=C(O)[C@]3(CCCCC3=O)CCC2)n1)[C@@H]1CCCN1C. The van der Waals surface area contributed by atoms with Crippen molar-refractivity contribution in [2.75, 3.05) is 13.6 Å². The third-order valence-corrected chi connectivity index (χ3v) is 7.33. The van der Waals surface area contributed by atoms with Gasteiger partial charge in [-0.15, -0.1) is 0 Å². The summed E-state index contributed by atoms with van der Waals surface area (Å²) >= 11 is 0. The molecule has 3 atom stereocenters. The van der Waals surface area contributed by atoms with Gasteiger partial charge in [-0.2, -0.15) is 10.2 Å². The van der Waals surface area contributed by atoms with Crippen LogP contribution < -0.4 is 4.74 Å². The fraction of sp³-hybridized carbons (Fsp3) is 0.625. The predicted molar refractivity (Wildman–Crippen MR) is 119 cm³/mol. The van der Waals surface area contributed by atoms with Crippen LogP contribution in [0.4, 0.5) is 0 Å². The van der Waals surface area contributed by atoms with E-state index in [1.807, 2.05) is 13.0 Å². The number of aliphatic hydroxyl groups excluding tert-OH is 1. The molecule has 2 N–H and O–H groups in total. The van der Waals surface area contributed by atoms with Crippen LogP contribution in [0.5, 0.6) is 5.88 Å². The highest BCUT2D eigenvalue weighted by Gasteiger charge is 2.47. The maximum atomic E-state index is 12.8. The maximum Gasteiger partial charge on any atom is 0.218 e. The molecule has 1 saturated heterocycles. The Morgan fingerprint density at radius 3 is 2.78 bits per heavy atom. The normalized spacial score (nSPS) is 27.4. The first kappa shape index (κ1) is 22.4. The molecule has 0 radical (unpaired) electrons. The number of aliphatic hydroxyl groups is 1. The highest BCUT2D eigenvalue weighted by Crippen LogP contribution is 2.48. The Morgan fingerprint density at radius 2 is 2.09 bits per heavy atom. The van der Waals surface area contributed by atoms with E-state index in [1.54, 1.807) is 0 Å². The number of rotatable bonds is 5. The second kappa shape index (κ2) is 8.99. The molecule has 1 saturated carbocycles. The van der Waals surface area contributed by atoms with Crippen molar-refractivity contribution < 1.29 is 14.6 Å². The van der Waals surface area contributed by atoms with E-state index in [9.17, 15) is 15.2 Å². The fourth-order valence-electron chi connectivity index (χ4n) is 5.53. The Labute approximate surface area is 188 Å². The Hall–Kier alpha value is -2.79. The van der Waals surface area contributed by atoms with Crippen LogP contribution in [0.15, 0.2) is 17.4 Å². The van der Waals surface area contributed by atoms with Crippen LogP contribution in [0, 0.1) is 22.2 Å². The Morgan fingerprint density at radius 1 is 1.31 bits per heavy atom. The molecule has 1 spiro atoms. The summed E-state index contributed by atoms with van der Waals surface area (Å²) in [4.78, 5) is 23.6. The lowest BCUT2D eigenvalue weighted by atomic mass is 9.64. The van der Waals surface area contributed by atoms with Gasteiger partial charge in [0, 0.05) is 24.1 Å². The van der Waals surface area contributed by atoms with Gasteiger partial charge in [-0.3, -0.25) is 15.1 Å². The third-order valence-electron chi connectivity index (χ3n) is 7.33. The molecular formula is C24H31N5O3. The van der Waals surface area contributed by atoms with Gasteiger partial charge in [-0.1, -0.05) is 6.42 Å². The number of nitrogens with zero attached hydrogens (tertiary/aromatic N) is 4. The first-order valence-corrected chi connectivity index (χ1v) is 11.6. The summed E-state index contributed by atoms with van der Waals surface area (Å²) in [5.74, 6) is 0.376. The van der Waals surface area contributed by atoms with Crippen LogP contribution in [-0.2, 0) is 4.79 Å².